The van der Waals surface area contributed by atoms with E-state index in [-0.39, 0.29) is 12.4 Å². The molecule has 0 saturated carbocycles. The van der Waals surface area contributed by atoms with Crippen molar-refractivity contribution in [1.82, 2.24) is 0 Å². The molecule has 8 heteroatoms. The molecule has 0 aliphatic rings. The molecule has 0 aromatic heterocycles. The van der Waals surface area contributed by atoms with E-state index in [0.29, 0.717) is 20.8 Å². The second kappa shape index (κ2) is 8.50. The van der Waals surface area contributed by atoms with Gasteiger partial charge >= 0.3 is 11.9 Å². The molecule has 0 aliphatic carbocycles. The minimum atomic E-state index is -0.611. The highest BCUT2D eigenvalue weighted by molar-refractivity contribution is 9.10. The molecular formula is C16H11Br2ClO5. The topological polar surface area (TPSA) is 61.8 Å². The smallest absolute Gasteiger partial charge is 0.349 e. The van der Waals surface area contributed by atoms with Gasteiger partial charge in [-0.25, -0.2) is 9.59 Å². The largest absolute Gasteiger partial charge is 0.480 e. The Morgan fingerprint density at radius 3 is 2.42 bits per heavy atom. The first-order chi connectivity index (χ1) is 11.4. The van der Waals surface area contributed by atoms with E-state index < -0.39 is 11.9 Å². The lowest BCUT2D eigenvalue weighted by molar-refractivity contribution is -0.136. The number of carbonyl (C=O) groups is 2. The molecular weight excluding hydrogens is 467 g/mol. The van der Waals surface area contributed by atoms with E-state index in [4.69, 9.17) is 21.1 Å². The highest BCUT2D eigenvalue weighted by Crippen LogP contribution is 2.28. The maximum absolute atomic E-state index is 11.9. The molecule has 24 heavy (non-hydrogen) atoms. The summed E-state index contributed by atoms with van der Waals surface area (Å²) in [5.41, 5.74) is 0.335. The van der Waals surface area contributed by atoms with Crippen LogP contribution in [0.4, 0.5) is 0 Å². The van der Waals surface area contributed by atoms with Crippen LogP contribution in [0.1, 0.15) is 10.4 Å². The van der Waals surface area contributed by atoms with E-state index >= 15 is 0 Å². The molecule has 0 amide bonds. The van der Waals surface area contributed by atoms with E-state index in [0.717, 1.165) is 4.47 Å². The van der Waals surface area contributed by atoms with E-state index in [9.17, 15) is 9.59 Å². The first-order valence-corrected chi connectivity index (χ1v) is 8.53. The summed E-state index contributed by atoms with van der Waals surface area (Å²) in [7, 11) is 1.29. The van der Waals surface area contributed by atoms with Crippen molar-refractivity contribution in [3.8, 4) is 11.5 Å². The van der Waals surface area contributed by atoms with Crippen molar-refractivity contribution < 1.29 is 23.8 Å². The van der Waals surface area contributed by atoms with Gasteiger partial charge in [0.05, 0.1) is 22.2 Å². The Bertz CT molecular complexity index is 779. The van der Waals surface area contributed by atoms with Crippen LogP contribution in [0, 0.1) is 0 Å². The number of hydrogen-bond acceptors (Lipinski definition) is 5. The van der Waals surface area contributed by atoms with Crippen LogP contribution < -0.4 is 9.47 Å². The third-order valence-corrected chi connectivity index (χ3v) is 4.22. The molecule has 0 saturated heterocycles. The molecule has 2 aromatic rings. The van der Waals surface area contributed by atoms with Crippen molar-refractivity contribution in [2.75, 3.05) is 13.7 Å². The molecule has 5 nitrogen and oxygen atoms in total. The van der Waals surface area contributed by atoms with Gasteiger partial charge in [0.15, 0.2) is 6.61 Å². The predicted molar refractivity (Wildman–Crippen MR) is 95.8 cm³/mol. The van der Waals surface area contributed by atoms with Crippen LogP contribution in [0.3, 0.4) is 0 Å². The molecule has 0 heterocycles. The molecule has 2 aromatic carbocycles. The Hall–Kier alpha value is -1.57. The summed E-state index contributed by atoms with van der Waals surface area (Å²) >= 11 is 12.5. The molecule has 0 aliphatic heterocycles. The molecule has 0 atom stereocenters. The molecule has 126 valence electrons. The number of methoxy groups -OCH3 is 1. The number of hydrogen-bond donors (Lipinski definition) is 0. The molecule has 0 fully saturated rings. The number of ether oxygens (including phenoxy) is 3. The van der Waals surface area contributed by atoms with Crippen molar-refractivity contribution in [2.45, 2.75) is 0 Å². The van der Waals surface area contributed by atoms with E-state index in [1.165, 1.54) is 25.3 Å². The molecule has 2 rings (SSSR count). The number of rotatable bonds is 5. The van der Waals surface area contributed by atoms with Crippen LogP contribution >= 0.6 is 43.5 Å². The minimum absolute atomic E-state index is 0.262. The van der Waals surface area contributed by atoms with E-state index in [2.05, 4.69) is 36.6 Å². The fraction of sp³-hybridized carbons (Fsp3) is 0.125. The van der Waals surface area contributed by atoms with Crippen molar-refractivity contribution in [2.24, 2.45) is 0 Å². The van der Waals surface area contributed by atoms with Crippen LogP contribution in [0.25, 0.3) is 0 Å². The van der Waals surface area contributed by atoms with Crippen LogP contribution in [0.2, 0.25) is 5.02 Å². The Kier molecular flexibility index (Phi) is 6.65. The van der Waals surface area contributed by atoms with Gasteiger partial charge in [0.2, 0.25) is 0 Å². The third-order valence-electron chi connectivity index (χ3n) is 2.82. The summed E-state index contributed by atoms with van der Waals surface area (Å²) in [5.74, 6) is -0.461. The Labute approximate surface area is 160 Å². The number of halogens is 3. The molecule has 0 radical (unpaired) electrons. The normalized spacial score (nSPS) is 10.2. The zero-order valence-electron chi connectivity index (χ0n) is 12.3. The molecule has 0 N–H and O–H groups in total. The second-order valence-electron chi connectivity index (χ2n) is 4.47. The fourth-order valence-electron chi connectivity index (χ4n) is 1.71. The minimum Gasteiger partial charge on any atom is -0.480 e. The van der Waals surface area contributed by atoms with Crippen LogP contribution in [-0.2, 0) is 9.53 Å². The zero-order valence-corrected chi connectivity index (χ0v) is 16.3. The van der Waals surface area contributed by atoms with Gasteiger partial charge in [-0.3, -0.25) is 0 Å². The standard InChI is InChI=1S/C16H11Br2ClO5/c1-22-16(21)9-2-4-13(11(18)6-9)24-15(20)8-23-14-5-3-10(17)7-12(14)19/h2-7H,8H2,1H3. The maximum atomic E-state index is 11.9. The summed E-state index contributed by atoms with van der Waals surface area (Å²) in [6, 6.07) is 9.52. The maximum Gasteiger partial charge on any atom is 0.349 e. The second-order valence-corrected chi connectivity index (χ2v) is 6.65. The average Bonchev–Trinajstić information content (AvgIpc) is 2.55. The van der Waals surface area contributed by atoms with Crippen molar-refractivity contribution in [3.05, 3.63) is 55.9 Å². The predicted octanol–water partition coefficient (Wildman–Crippen LogP) is 4.64. The van der Waals surface area contributed by atoms with Gasteiger partial charge in [0.1, 0.15) is 11.5 Å². The average molecular weight is 479 g/mol. The SMILES string of the molecule is COC(=O)c1ccc(OC(=O)COc2ccc(Br)cc2Cl)c(Br)c1. The highest BCUT2D eigenvalue weighted by Gasteiger charge is 2.13. The van der Waals surface area contributed by atoms with Crippen molar-refractivity contribution >= 4 is 55.4 Å². The Balaban J connectivity index is 1.98. The summed E-state index contributed by atoms with van der Waals surface area (Å²) in [6.45, 7) is -0.313. The summed E-state index contributed by atoms with van der Waals surface area (Å²) in [6.07, 6.45) is 0. The van der Waals surface area contributed by atoms with E-state index in [1.54, 1.807) is 18.2 Å². The van der Waals surface area contributed by atoms with Crippen molar-refractivity contribution in [3.63, 3.8) is 0 Å². The summed E-state index contributed by atoms with van der Waals surface area (Å²) in [5, 5.41) is 0.376. The van der Waals surface area contributed by atoms with Gasteiger partial charge in [0.25, 0.3) is 0 Å². The first kappa shape index (κ1) is 18.8. The van der Waals surface area contributed by atoms with Gasteiger partial charge in [-0.1, -0.05) is 27.5 Å². The third kappa shape index (κ3) is 4.96. The highest BCUT2D eigenvalue weighted by atomic mass is 79.9. The van der Waals surface area contributed by atoms with Crippen LogP contribution in [-0.4, -0.2) is 25.7 Å². The van der Waals surface area contributed by atoms with Gasteiger partial charge in [-0.05, 0) is 52.3 Å². The Morgan fingerprint density at radius 1 is 1.08 bits per heavy atom. The van der Waals surface area contributed by atoms with Gasteiger partial charge in [0, 0.05) is 4.47 Å². The molecule has 0 spiro atoms. The van der Waals surface area contributed by atoms with E-state index in [1.807, 2.05) is 0 Å². The summed E-state index contributed by atoms with van der Waals surface area (Å²) < 4.78 is 16.4. The lowest BCUT2D eigenvalue weighted by Crippen LogP contribution is -2.18. The van der Waals surface area contributed by atoms with Gasteiger partial charge < -0.3 is 14.2 Å². The summed E-state index contributed by atoms with van der Waals surface area (Å²) in [4.78, 5) is 23.3. The quantitative estimate of drug-likeness (QED) is 0.463. The lowest BCUT2D eigenvalue weighted by atomic mass is 10.2. The number of carbonyl (C=O) groups excluding carboxylic acids is 2. The molecule has 0 bridgehead atoms. The van der Waals surface area contributed by atoms with Crippen LogP contribution in [0.5, 0.6) is 11.5 Å². The monoisotopic (exact) mass is 476 g/mol. The molecule has 0 unspecified atom stereocenters. The van der Waals surface area contributed by atoms with Crippen LogP contribution in [0.15, 0.2) is 45.3 Å². The van der Waals surface area contributed by atoms with Gasteiger partial charge in [-0.15, -0.1) is 0 Å². The van der Waals surface area contributed by atoms with Gasteiger partial charge in [-0.2, -0.15) is 0 Å². The number of benzene rings is 2. The fourth-order valence-corrected chi connectivity index (χ4v) is 2.90. The Morgan fingerprint density at radius 2 is 1.79 bits per heavy atom. The zero-order chi connectivity index (χ0) is 17.7. The van der Waals surface area contributed by atoms with Crippen molar-refractivity contribution in [1.29, 1.82) is 0 Å². The first-order valence-electron chi connectivity index (χ1n) is 6.57. The number of esters is 2. The lowest BCUT2D eigenvalue weighted by Gasteiger charge is -2.10.